The number of carbonyl (C=O) groups excluding carboxylic acids is 1. The van der Waals surface area contributed by atoms with Gasteiger partial charge in [0.1, 0.15) is 6.10 Å². The highest BCUT2D eigenvalue weighted by atomic mass is 16.8. The smallest absolute Gasteiger partial charge is 0.511 e. The fourth-order valence-corrected chi connectivity index (χ4v) is 1.34. The normalized spacial score (nSPS) is 14.1. The lowest BCUT2D eigenvalue weighted by atomic mass is 10.1. The summed E-state index contributed by atoms with van der Waals surface area (Å²) >= 11 is 0. The maximum Gasteiger partial charge on any atom is 0.511 e. The van der Waals surface area contributed by atoms with E-state index in [1.165, 1.54) is 18.9 Å². The van der Waals surface area contributed by atoms with E-state index < -0.39 is 24.5 Å². The first kappa shape index (κ1) is 20.7. The molecule has 10 nitrogen and oxygen atoms in total. The van der Waals surface area contributed by atoms with E-state index in [4.69, 9.17) is 9.94 Å². The highest BCUT2D eigenvalue weighted by molar-refractivity contribution is 5.68. The molecule has 1 N–H and O–H groups in total. The molecule has 0 spiro atoms. The van der Waals surface area contributed by atoms with Crippen LogP contribution in [0.1, 0.15) is 40.5 Å². The Morgan fingerprint density at radius 1 is 1.26 bits per heavy atom. The summed E-state index contributed by atoms with van der Waals surface area (Å²) in [5.41, 5.74) is 0. The second-order valence-electron chi connectivity index (χ2n) is 5.47. The molecule has 0 fully saturated rings. The molecule has 2 atom stereocenters. The van der Waals surface area contributed by atoms with Gasteiger partial charge < -0.3 is 19.8 Å². The van der Waals surface area contributed by atoms with E-state index in [1.54, 1.807) is 7.05 Å². The van der Waals surface area contributed by atoms with Gasteiger partial charge >= 0.3 is 12.1 Å². The van der Waals surface area contributed by atoms with Gasteiger partial charge in [0.25, 0.3) is 6.29 Å². The van der Waals surface area contributed by atoms with Crippen molar-refractivity contribution >= 4 is 12.1 Å². The Morgan fingerprint density at radius 3 is 2.39 bits per heavy atom. The first-order valence-electron chi connectivity index (χ1n) is 7.26. The van der Waals surface area contributed by atoms with Crippen LogP contribution in [0.25, 0.3) is 0 Å². The third-order valence-electron chi connectivity index (χ3n) is 2.61. The van der Waals surface area contributed by atoms with E-state index in [-0.39, 0.29) is 11.4 Å². The lowest BCUT2D eigenvalue weighted by Gasteiger charge is -2.15. The number of rotatable bonds is 10. The van der Waals surface area contributed by atoms with E-state index in [9.17, 15) is 14.8 Å². The maximum atomic E-state index is 11.6. The minimum absolute atomic E-state index is 0.251. The number of carbonyl (C=O) groups is 2. The second-order valence-corrected chi connectivity index (χ2v) is 5.47. The lowest BCUT2D eigenvalue weighted by molar-refractivity contribution is -0.707. The van der Waals surface area contributed by atoms with E-state index >= 15 is 0 Å². The number of carboxylic acids is 1. The van der Waals surface area contributed by atoms with Crippen molar-refractivity contribution in [2.45, 2.75) is 52.9 Å². The van der Waals surface area contributed by atoms with Crippen molar-refractivity contribution in [3.63, 3.8) is 0 Å². The summed E-state index contributed by atoms with van der Waals surface area (Å²) in [7, 11) is 1.55. The van der Waals surface area contributed by atoms with Crippen molar-refractivity contribution in [3.05, 3.63) is 5.21 Å². The lowest BCUT2D eigenvalue weighted by Crippen LogP contribution is -2.29. The molecule has 0 amide bonds. The summed E-state index contributed by atoms with van der Waals surface area (Å²) in [5.74, 6) is -0.660. The number of hydrogen-bond donors (Lipinski definition) is 1. The van der Waals surface area contributed by atoms with Crippen LogP contribution in [0.3, 0.4) is 0 Å². The quantitative estimate of drug-likeness (QED) is 0.212. The molecular weight excluding hydrogens is 310 g/mol. The molecule has 134 valence electrons. The summed E-state index contributed by atoms with van der Waals surface area (Å²) in [5, 5.41) is 24.7. The zero-order valence-electron chi connectivity index (χ0n) is 14.1. The first-order valence-corrected chi connectivity index (χ1v) is 7.26. The van der Waals surface area contributed by atoms with Gasteiger partial charge in [-0.05, 0) is 19.3 Å². The summed E-state index contributed by atoms with van der Waals surface area (Å²) in [6, 6.07) is 0. The summed E-state index contributed by atoms with van der Waals surface area (Å²) in [6.07, 6.45) is -2.64. The van der Waals surface area contributed by atoms with Gasteiger partial charge in [0.15, 0.2) is 0 Å². The molecule has 0 saturated carbocycles. The molecule has 0 aliphatic rings. The molecule has 0 radical (unpaired) electrons. The zero-order valence-corrected chi connectivity index (χ0v) is 14.1. The van der Waals surface area contributed by atoms with Gasteiger partial charge in [0, 0.05) is 6.92 Å². The molecule has 0 aliphatic heterocycles. The molecule has 0 aromatic carbocycles. The Bertz CT molecular complexity index is 414. The van der Waals surface area contributed by atoms with E-state index in [1.807, 2.05) is 13.8 Å². The van der Waals surface area contributed by atoms with E-state index in [2.05, 4.69) is 14.8 Å². The fourth-order valence-electron chi connectivity index (χ4n) is 1.34. The van der Waals surface area contributed by atoms with Crippen molar-refractivity contribution in [2.24, 2.45) is 11.2 Å². The van der Waals surface area contributed by atoms with Crippen LogP contribution < -0.4 is 0 Å². The number of hydrogen-bond acceptors (Lipinski definition) is 7. The molecule has 0 rings (SSSR count). The predicted molar refractivity (Wildman–Crippen MR) is 78.0 cm³/mol. The number of hydrazine groups is 1. The van der Waals surface area contributed by atoms with E-state index in [0.29, 0.717) is 12.5 Å². The van der Waals surface area contributed by atoms with Crippen LogP contribution >= 0.6 is 0 Å². The van der Waals surface area contributed by atoms with Crippen molar-refractivity contribution in [2.75, 3.05) is 13.6 Å². The topological polar surface area (TPSA) is 124 Å². The summed E-state index contributed by atoms with van der Waals surface area (Å²) in [4.78, 5) is 26.7. The van der Waals surface area contributed by atoms with Crippen LogP contribution in [0.2, 0.25) is 0 Å². The monoisotopic (exact) mass is 335 g/mol. The molecule has 0 saturated heterocycles. The van der Waals surface area contributed by atoms with E-state index in [0.717, 1.165) is 6.42 Å². The Kier molecular flexibility index (Phi) is 9.44. The van der Waals surface area contributed by atoms with Crippen molar-refractivity contribution in [1.82, 2.24) is 5.01 Å². The van der Waals surface area contributed by atoms with Gasteiger partial charge in [0.05, 0.1) is 25.0 Å². The largest absolute Gasteiger partial charge is 0.569 e. The van der Waals surface area contributed by atoms with Crippen LogP contribution in [-0.4, -0.2) is 53.2 Å². The average Bonchev–Trinajstić information content (AvgIpc) is 2.40. The number of aliphatic carboxylic acids is 1. The third-order valence-corrected chi connectivity index (χ3v) is 2.61. The number of nitrogens with zero attached hydrogens (tertiary/aromatic N) is 3. The van der Waals surface area contributed by atoms with Gasteiger partial charge in [-0.2, -0.15) is 0 Å². The van der Waals surface area contributed by atoms with Gasteiger partial charge in [-0.25, -0.2) is 4.79 Å². The van der Waals surface area contributed by atoms with Gasteiger partial charge in [-0.1, -0.05) is 13.8 Å². The van der Waals surface area contributed by atoms with Crippen molar-refractivity contribution in [1.29, 1.82) is 0 Å². The second kappa shape index (κ2) is 10.5. The summed E-state index contributed by atoms with van der Waals surface area (Å²) in [6.45, 7) is 7.31. The summed E-state index contributed by atoms with van der Waals surface area (Å²) < 4.78 is 9.36. The fraction of sp³-hybridized carbons (Fsp3) is 0.846. The van der Waals surface area contributed by atoms with Crippen molar-refractivity contribution < 1.29 is 34.0 Å². The minimum Gasteiger partial charge on any atom is -0.569 e. The highest BCUT2D eigenvalue weighted by Crippen LogP contribution is 2.04. The molecule has 0 aromatic heterocycles. The maximum absolute atomic E-state index is 11.6. The standard InChI is InChI=1S/C13H25N3O7/c1-9(2)6-7-15(5)16(20)14-23-11(4)22-13(19)21-10(3)8-12(17)18/h9-11H,6-8H2,1-5H3,(H,17,18)/b16-14-. The number of ether oxygens (including phenoxy) is 2. The molecular formula is C13H25N3O7. The Hall–Kier alpha value is -2.26. The van der Waals surface area contributed by atoms with Crippen molar-refractivity contribution in [3.8, 4) is 0 Å². The number of carboxylic acid groups (broad SMARTS) is 1. The van der Waals surface area contributed by atoms with Gasteiger partial charge in [0.2, 0.25) is 5.28 Å². The Morgan fingerprint density at radius 2 is 1.87 bits per heavy atom. The predicted octanol–water partition coefficient (Wildman–Crippen LogP) is 2.14. The first-order chi connectivity index (χ1) is 10.6. The molecule has 0 bridgehead atoms. The molecule has 23 heavy (non-hydrogen) atoms. The van der Waals surface area contributed by atoms with Crippen LogP contribution in [0, 0.1) is 11.1 Å². The van der Waals surface area contributed by atoms with Gasteiger partial charge in [-0.3, -0.25) is 9.63 Å². The average molecular weight is 335 g/mol. The van der Waals surface area contributed by atoms with Crippen LogP contribution in [0.4, 0.5) is 4.79 Å². The molecule has 0 aromatic rings. The minimum atomic E-state index is -1.16. The Labute approximate surface area is 135 Å². The Balaban J connectivity index is 4.17. The van der Waals surface area contributed by atoms with Gasteiger partial charge in [-0.15, -0.1) is 5.01 Å². The van der Waals surface area contributed by atoms with Crippen LogP contribution in [-0.2, 0) is 19.1 Å². The zero-order chi connectivity index (χ0) is 18.0. The molecule has 0 heterocycles. The van der Waals surface area contributed by atoms with Crippen LogP contribution in [0.15, 0.2) is 5.28 Å². The van der Waals surface area contributed by atoms with Crippen LogP contribution in [0.5, 0.6) is 0 Å². The third kappa shape index (κ3) is 11.0. The molecule has 10 heteroatoms. The molecule has 0 aliphatic carbocycles. The SMILES string of the molecule is CC(C)CCN(C)/[N+]([O-])=N/OC(C)OC(=O)OC(C)CC(=O)O. The highest BCUT2D eigenvalue weighted by Gasteiger charge is 2.18. The molecule has 2 unspecified atom stereocenters.